The largest absolute Gasteiger partial charge is 0.395 e. The number of nitrogen functional groups attached to an aromatic ring is 1. The van der Waals surface area contributed by atoms with E-state index >= 15 is 0 Å². The fourth-order valence-corrected chi connectivity index (χ4v) is 3.50. The summed E-state index contributed by atoms with van der Waals surface area (Å²) in [5.41, 5.74) is 5.07. The summed E-state index contributed by atoms with van der Waals surface area (Å²) in [5.74, 6) is -1.25. The maximum absolute atomic E-state index is 14.0. The number of rotatable bonds is 5. The number of benzene rings is 1. The van der Waals surface area contributed by atoms with E-state index in [9.17, 15) is 12.8 Å². The standard InChI is InChI=1S/C11H15BrClFN2O3S/c1-5(2)7(4-17)16-20(18,19)8-3-6(13)9(12)11(15)10(8)14/h3,5,7,16-17H,4,15H2,1-2H3. The van der Waals surface area contributed by atoms with E-state index in [0.717, 1.165) is 6.07 Å². The van der Waals surface area contributed by atoms with Gasteiger partial charge in [-0.2, -0.15) is 0 Å². The van der Waals surface area contributed by atoms with Gasteiger partial charge >= 0.3 is 0 Å². The Balaban J connectivity index is 3.30. The highest BCUT2D eigenvalue weighted by Gasteiger charge is 2.27. The number of halogens is 3. The van der Waals surface area contributed by atoms with Gasteiger partial charge in [-0.25, -0.2) is 17.5 Å². The van der Waals surface area contributed by atoms with Crippen molar-refractivity contribution in [1.29, 1.82) is 0 Å². The number of nitrogens with one attached hydrogen (secondary N) is 1. The quantitative estimate of drug-likeness (QED) is 0.531. The van der Waals surface area contributed by atoms with E-state index in [1.807, 2.05) is 0 Å². The third kappa shape index (κ3) is 3.62. The molecule has 4 N–H and O–H groups in total. The molecule has 0 aromatic heterocycles. The van der Waals surface area contributed by atoms with Gasteiger partial charge in [0, 0.05) is 6.04 Å². The summed E-state index contributed by atoms with van der Waals surface area (Å²) in [6.45, 7) is 3.05. The van der Waals surface area contributed by atoms with Crippen molar-refractivity contribution >= 4 is 43.2 Å². The first-order valence-electron chi connectivity index (χ1n) is 5.68. The summed E-state index contributed by atoms with van der Waals surface area (Å²) in [6.07, 6.45) is 0. The van der Waals surface area contributed by atoms with Gasteiger partial charge in [-0.1, -0.05) is 25.4 Å². The molecular weight excluding hydrogens is 375 g/mol. The van der Waals surface area contributed by atoms with E-state index in [1.165, 1.54) is 0 Å². The molecule has 1 atom stereocenters. The van der Waals surface area contributed by atoms with Gasteiger partial charge in [-0.05, 0) is 27.9 Å². The Hall–Kier alpha value is -0.410. The summed E-state index contributed by atoms with van der Waals surface area (Å²) in [5, 5.41) is 9.13. The number of anilines is 1. The molecule has 1 rings (SSSR count). The van der Waals surface area contributed by atoms with Crippen LogP contribution in [0, 0.1) is 11.7 Å². The highest BCUT2D eigenvalue weighted by atomic mass is 79.9. The molecule has 0 aliphatic heterocycles. The predicted octanol–water partition coefficient (Wildman–Crippen LogP) is 2.12. The van der Waals surface area contributed by atoms with Gasteiger partial charge in [0.05, 0.1) is 21.8 Å². The maximum atomic E-state index is 14.0. The van der Waals surface area contributed by atoms with Crippen LogP contribution in [0.15, 0.2) is 15.4 Å². The Labute approximate surface area is 130 Å². The fourth-order valence-electron chi connectivity index (χ4n) is 1.44. The summed E-state index contributed by atoms with van der Waals surface area (Å²) in [4.78, 5) is -0.651. The van der Waals surface area contributed by atoms with Gasteiger partial charge in [0.25, 0.3) is 0 Å². The molecule has 0 spiro atoms. The summed E-state index contributed by atoms with van der Waals surface area (Å²) in [7, 11) is -4.18. The zero-order valence-corrected chi connectivity index (χ0v) is 14.0. The number of nitrogens with two attached hydrogens (primary N) is 1. The predicted molar refractivity (Wildman–Crippen MR) is 79.6 cm³/mol. The molecule has 0 aliphatic rings. The van der Waals surface area contributed by atoms with E-state index in [1.54, 1.807) is 13.8 Å². The second kappa shape index (κ2) is 6.57. The van der Waals surface area contributed by atoms with Crippen molar-refractivity contribution < 1.29 is 17.9 Å². The Kier molecular flexibility index (Phi) is 5.79. The molecule has 0 heterocycles. The Morgan fingerprint density at radius 1 is 1.55 bits per heavy atom. The molecule has 20 heavy (non-hydrogen) atoms. The maximum Gasteiger partial charge on any atom is 0.243 e. The normalized spacial score (nSPS) is 13.8. The molecule has 1 unspecified atom stereocenters. The van der Waals surface area contributed by atoms with Crippen LogP contribution in [0.1, 0.15) is 13.8 Å². The number of aliphatic hydroxyl groups is 1. The van der Waals surface area contributed by atoms with E-state index in [-0.39, 0.29) is 21.1 Å². The van der Waals surface area contributed by atoms with Crippen LogP contribution in [-0.4, -0.2) is 26.2 Å². The number of hydrogen-bond donors (Lipinski definition) is 3. The second-order valence-electron chi connectivity index (χ2n) is 4.55. The zero-order valence-electron chi connectivity index (χ0n) is 10.8. The number of hydrogen-bond acceptors (Lipinski definition) is 4. The van der Waals surface area contributed by atoms with Gasteiger partial charge in [0.2, 0.25) is 10.0 Å². The van der Waals surface area contributed by atoms with Crippen LogP contribution < -0.4 is 10.5 Å². The second-order valence-corrected chi connectivity index (χ2v) is 7.44. The van der Waals surface area contributed by atoms with Crippen LogP contribution in [0.25, 0.3) is 0 Å². The van der Waals surface area contributed by atoms with Crippen LogP contribution in [0.5, 0.6) is 0 Å². The van der Waals surface area contributed by atoms with Crippen molar-refractivity contribution in [2.24, 2.45) is 5.92 Å². The van der Waals surface area contributed by atoms with Crippen molar-refractivity contribution in [3.05, 3.63) is 21.4 Å². The SMILES string of the molecule is CC(C)C(CO)NS(=O)(=O)c1cc(Cl)c(Br)c(N)c1F. The number of sulfonamides is 1. The first kappa shape index (κ1) is 17.6. The molecule has 0 bridgehead atoms. The van der Waals surface area contributed by atoms with Gasteiger partial charge in [-0.15, -0.1) is 0 Å². The van der Waals surface area contributed by atoms with Gasteiger partial charge in [0.1, 0.15) is 4.90 Å². The minimum atomic E-state index is -4.18. The van der Waals surface area contributed by atoms with E-state index in [0.29, 0.717) is 0 Å². The summed E-state index contributed by atoms with van der Waals surface area (Å²) >= 11 is 8.76. The molecule has 5 nitrogen and oxygen atoms in total. The van der Waals surface area contributed by atoms with E-state index < -0.39 is 33.4 Å². The first-order chi connectivity index (χ1) is 9.11. The summed E-state index contributed by atoms with van der Waals surface area (Å²) in [6, 6.07) is 0.233. The lowest BCUT2D eigenvalue weighted by molar-refractivity contribution is 0.227. The lowest BCUT2D eigenvalue weighted by Crippen LogP contribution is -2.41. The van der Waals surface area contributed by atoms with E-state index in [2.05, 4.69) is 20.7 Å². The molecule has 0 radical (unpaired) electrons. The van der Waals surface area contributed by atoms with Crippen LogP contribution in [0.2, 0.25) is 5.02 Å². The number of aliphatic hydroxyl groups excluding tert-OH is 1. The molecule has 1 aromatic carbocycles. The minimum absolute atomic E-state index is 0.0191. The smallest absolute Gasteiger partial charge is 0.243 e. The first-order valence-corrected chi connectivity index (χ1v) is 8.33. The van der Waals surface area contributed by atoms with Crippen molar-refractivity contribution in [2.75, 3.05) is 12.3 Å². The van der Waals surface area contributed by atoms with Crippen molar-refractivity contribution in [3.8, 4) is 0 Å². The third-order valence-corrected chi connectivity index (χ3v) is 5.62. The lowest BCUT2D eigenvalue weighted by Gasteiger charge is -2.20. The molecule has 0 saturated heterocycles. The average molecular weight is 390 g/mol. The lowest BCUT2D eigenvalue weighted by atomic mass is 10.1. The van der Waals surface area contributed by atoms with E-state index in [4.69, 9.17) is 22.4 Å². The Morgan fingerprint density at radius 3 is 2.55 bits per heavy atom. The molecule has 0 saturated carbocycles. The average Bonchev–Trinajstić information content (AvgIpc) is 2.37. The van der Waals surface area contributed by atoms with Gasteiger partial charge in [0.15, 0.2) is 5.82 Å². The Morgan fingerprint density at radius 2 is 2.10 bits per heavy atom. The van der Waals surface area contributed by atoms with Gasteiger partial charge < -0.3 is 10.8 Å². The molecule has 0 amide bonds. The molecule has 114 valence electrons. The summed E-state index contributed by atoms with van der Waals surface area (Å²) < 4.78 is 40.6. The van der Waals surface area contributed by atoms with Crippen LogP contribution >= 0.6 is 27.5 Å². The van der Waals surface area contributed by atoms with Gasteiger partial charge in [-0.3, -0.25) is 0 Å². The van der Waals surface area contributed by atoms with Crippen LogP contribution in [0.3, 0.4) is 0 Å². The monoisotopic (exact) mass is 388 g/mol. The van der Waals surface area contributed by atoms with Crippen LogP contribution in [0.4, 0.5) is 10.1 Å². The molecule has 0 fully saturated rings. The molecular formula is C11H15BrClFN2O3S. The van der Waals surface area contributed by atoms with Crippen molar-refractivity contribution in [3.63, 3.8) is 0 Å². The molecule has 1 aromatic rings. The molecule has 0 aliphatic carbocycles. The zero-order chi connectivity index (χ0) is 15.7. The fraction of sp³-hybridized carbons (Fsp3) is 0.455. The van der Waals surface area contributed by atoms with Crippen LogP contribution in [-0.2, 0) is 10.0 Å². The Bertz CT molecular complexity index is 610. The highest BCUT2D eigenvalue weighted by molar-refractivity contribution is 9.10. The topological polar surface area (TPSA) is 92.4 Å². The third-order valence-electron chi connectivity index (χ3n) is 2.75. The van der Waals surface area contributed by atoms with Crippen molar-refractivity contribution in [2.45, 2.75) is 24.8 Å². The molecule has 9 heteroatoms. The minimum Gasteiger partial charge on any atom is -0.395 e. The highest BCUT2D eigenvalue weighted by Crippen LogP contribution is 2.34. The van der Waals surface area contributed by atoms with Crippen molar-refractivity contribution in [1.82, 2.24) is 4.72 Å².